The van der Waals surface area contributed by atoms with Crippen molar-refractivity contribution in [3.05, 3.63) is 53.6 Å². The molecule has 1 fully saturated rings. The molecule has 0 bridgehead atoms. The standard InChI is InChI=1S/C24H30N2O4/c1-3-18-8-11-20(12-9-18)25-24(28)19-10-13-21(22(16-19)29-4-2)30-17-23(27)26-14-6-5-7-15-26/h8-13,16H,3-7,14-15,17H2,1-2H3,(H,25,28). The molecule has 0 atom stereocenters. The van der Waals surface area contributed by atoms with Gasteiger partial charge in [0.2, 0.25) is 0 Å². The zero-order valence-corrected chi connectivity index (χ0v) is 17.8. The first-order valence-electron chi connectivity index (χ1n) is 10.7. The fraction of sp³-hybridized carbons (Fsp3) is 0.417. The first kappa shape index (κ1) is 21.7. The van der Waals surface area contributed by atoms with Gasteiger partial charge >= 0.3 is 0 Å². The molecule has 3 rings (SSSR count). The van der Waals surface area contributed by atoms with E-state index in [1.165, 1.54) is 12.0 Å². The number of amides is 2. The number of piperidine rings is 1. The van der Waals surface area contributed by atoms with Crippen LogP contribution in [0.25, 0.3) is 0 Å². The third kappa shape index (κ3) is 5.75. The topological polar surface area (TPSA) is 67.9 Å². The molecule has 30 heavy (non-hydrogen) atoms. The van der Waals surface area contributed by atoms with Crippen LogP contribution in [0.4, 0.5) is 5.69 Å². The van der Waals surface area contributed by atoms with Gasteiger partial charge in [0.05, 0.1) is 6.61 Å². The number of nitrogens with zero attached hydrogens (tertiary/aromatic N) is 1. The van der Waals surface area contributed by atoms with Gasteiger partial charge in [0.1, 0.15) is 0 Å². The molecule has 6 nitrogen and oxygen atoms in total. The Morgan fingerprint density at radius 1 is 0.933 bits per heavy atom. The lowest BCUT2D eigenvalue weighted by molar-refractivity contribution is -0.134. The van der Waals surface area contributed by atoms with Crippen LogP contribution in [0, 0.1) is 0 Å². The van der Waals surface area contributed by atoms with Gasteiger partial charge in [-0.05, 0) is 68.5 Å². The van der Waals surface area contributed by atoms with Gasteiger partial charge in [-0.1, -0.05) is 19.1 Å². The van der Waals surface area contributed by atoms with Crippen molar-refractivity contribution in [2.45, 2.75) is 39.5 Å². The molecular weight excluding hydrogens is 380 g/mol. The van der Waals surface area contributed by atoms with Crippen LogP contribution >= 0.6 is 0 Å². The second-order valence-electron chi connectivity index (χ2n) is 7.33. The Balaban J connectivity index is 1.65. The van der Waals surface area contributed by atoms with E-state index in [4.69, 9.17) is 9.47 Å². The van der Waals surface area contributed by atoms with Crippen molar-refractivity contribution in [1.29, 1.82) is 0 Å². The molecule has 1 aliphatic heterocycles. The zero-order chi connectivity index (χ0) is 21.3. The molecule has 160 valence electrons. The summed E-state index contributed by atoms with van der Waals surface area (Å²) < 4.78 is 11.4. The number of carbonyl (C=O) groups excluding carboxylic acids is 2. The average Bonchev–Trinajstić information content (AvgIpc) is 2.79. The second kappa shape index (κ2) is 10.7. The second-order valence-corrected chi connectivity index (χ2v) is 7.33. The van der Waals surface area contributed by atoms with Crippen LogP contribution in [-0.4, -0.2) is 43.0 Å². The molecule has 1 heterocycles. The summed E-state index contributed by atoms with van der Waals surface area (Å²) in [7, 11) is 0. The van der Waals surface area contributed by atoms with Crippen molar-refractivity contribution in [3.8, 4) is 11.5 Å². The van der Waals surface area contributed by atoms with Gasteiger partial charge in [-0.25, -0.2) is 0 Å². The Morgan fingerprint density at radius 3 is 2.33 bits per heavy atom. The molecular formula is C24H30N2O4. The molecule has 0 saturated carbocycles. The summed E-state index contributed by atoms with van der Waals surface area (Å²) in [5.41, 5.74) is 2.42. The van der Waals surface area contributed by atoms with Crippen LogP contribution in [0.5, 0.6) is 11.5 Å². The summed E-state index contributed by atoms with van der Waals surface area (Å²) in [6.45, 7) is 5.93. The van der Waals surface area contributed by atoms with Crippen molar-refractivity contribution >= 4 is 17.5 Å². The van der Waals surface area contributed by atoms with Crippen molar-refractivity contribution in [3.63, 3.8) is 0 Å². The minimum Gasteiger partial charge on any atom is -0.490 e. The van der Waals surface area contributed by atoms with Gasteiger partial charge in [0.25, 0.3) is 11.8 Å². The van der Waals surface area contributed by atoms with E-state index in [0.717, 1.165) is 38.0 Å². The maximum Gasteiger partial charge on any atom is 0.260 e. The monoisotopic (exact) mass is 410 g/mol. The molecule has 0 unspecified atom stereocenters. The number of hydrogen-bond acceptors (Lipinski definition) is 4. The van der Waals surface area contributed by atoms with Gasteiger partial charge in [0.15, 0.2) is 18.1 Å². The highest BCUT2D eigenvalue weighted by atomic mass is 16.5. The highest BCUT2D eigenvalue weighted by molar-refractivity contribution is 6.04. The molecule has 1 N–H and O–H groups in total. The lowest BCUT2D eigenvalue weighted by atomic mass is 10.1. The molecule has 0 radical (unpaired) electrons. The van der Waals surface area contributed by atoms with E-state index >= 15 is 0 Å². The average molecular weight is 411 g/mol. The van der Waals surface area contributed by atoms with E-state index in [1.807, 2.05) is 36.1 Å². The Bertz CT molecular complexity index is 858. The number of rotatable bonds is 8. The van der Waals surface area contributed by atoms with Crippen LogP contribution in [0.15, 0.2) is 42.5 Å². The molecule has 1 aliphatic rings. The van der Waals surface area contributed by atoms with Crippen molar-refractivity contribution in [1.82, 2.24) is 4.90 Å². The number of carbonyl (C=O) groups is 2. The Hall–Kier alpha value is -3.02. The number of aryl methyl sites for hydroxylation is 1. The van der Waals surface area contributed by atoms with Gasteiger partial charge < -0.3 is 19.7 Å². The first-order chi connectivity index (χ1) is 14.6. The smallest absolute Gasteiger partial charge is 0.260 e. The van der Waals surface area contributed by atoms with Crippen molar-refractivity contribution < 1.29 is 19.1 Å². The normalized spacial score (nSPS) is 13.6. The molecule has 0 aliphatic carbocycles. The molecule has 0 aromatic heterocycles. The SMILES string of the molecule is CCOc1cc(C(=O)Nc2ccc(CC)cc2)ccc1OCC(=O)N1CCCCC1. The number of nitrogens with one attached hydrogen (secondary N) is 1. The molecule has 6 heteroatoms. The van der Waals surface area contributed by atoms with Crippen molar-refractivity contribution in [2.75, 3.05) is 31.6 Å². The lowest BCUT2D eigenvalue weighted by Crippen LogP contribution is -2.38. The predicted octanol–water partition coefficient (Wildman–Crippen LogP) is 4.29. The third-order valence-electron chi connectivity index (χ3n) is 5.19. The molecule has 1 saturated heterocycles. The van der Waals surface area contributed by atoms with E-state index in [-0.39, 0.29) is 18.4 Å². The highest BCUT2D eigenvalue weighted by Gasteiger charge is 2.18. The molecule has 0 spiro atoms. The van der Waals surface area contributed by atoms with Gasteiger partial charge in [-0.3, -0.25) is 9.59 Å². The summed E-state index contributed by atoms with van der Waals surface area (Å²) >= 11 is 0. The van der Waals surface area contributed by atoms with Crippen LogP contribution in [0.2, 0.25) is 0 Å². The van der Waals surface area contributed by atoms with Crippen molar-refractivity contribution in [2.24, 2.45) is 0 Å². The molecule has 2 amide bonds. The molecule has 2 aromatic rings. The largest absolute Gasteiger partial charge is 0.490 e. The van der Waals surface area contributed by atoms with Crippen LogP contribution in [0.1, 0.15) is 49.0 Å². The maximum absolute atomic E-state index is 12.6. The number of benzene rings is 2. The zero-order valence-electron chi connectivity index (χ0n) is 17.8. The Kier molecular flexibility index (Phi) is 7.71. The summed E-state index contributed by atoms with van der Waals surface area (Å²) in [6, 6.07) is 12.8. The van der Waals surface area contributed by atoms with Crippen LogP contribution in [-0.2, 0) is 11.2 Å². The number of hydrogen-bond donors (Lipinski definition) is 1. The third-order valence-corrected chi connectivity index (χ3v) is 5.19. The fourth-order valence-electron chi connectivity index (χ4n) is 3.44. The van der Waals surface area contributed by atoms with Gasteiger partial charge in [-0.2, -0.15) is 0 Å². The maximum atomic E-state index is 12.6. The van der Waals surface area contributed by atoms with Gasteiger partial charge in [0, 0.05) is 24.3 Å². The number of anilines is 1. The molecule has 2 aromatic carbocycles. The lowest BCUT2D eigenvalue weighted by Gasteiger charge is -2.26. The minimum absolute atomic E-state index is 0.0190. The minimum atomic E-state index is -0.226. The van der Waals surface area contributed by atoms with E-state index in [0.29, 0.717) is 23.7 Å². The predicted molar refractivity (Wildman–Crippen MR) is 117 cm³/mol. The van der Waals surface area contributed by atoms with Crippen LogP contribution in [0.3, 0.4) is 0 Å². The quantitative estimate of drug-likeness (QED) is 0.705. The van der Waals surface area contributed by atoms with E-state index in [2.05, 4.69) is 12.2 Å². The summed E-state index contributed by atoms with van der Waals surface area (Å²) in [5.74, 6) is 0.676. The number of likely N-dealkylation sites (tertiary alicyclic amines) is 1. The van der Waals surface area contributed by atoms with E-state index < -0.39 is 0 Å². The summed E-state index contributed by atoms with van der Waals surface area (Å²) in [5, 5.41) is 2.90. The van der Waals surface area contributed by atoms with E-state index in [1.54, 1.807) is 18.2 Å². The fourth-order valence-corrected chi connectivity index (χ4v) is 3.44. The first-order valence-corrected chi connectivity index (χ1v) is 10.7. The number of ether oxygens (including phenoxy) is 2. The highest BCUT2D eigenvalue weighted by Crippen LogP contribution is 2.29. The Morgan fingerprint density at radius 2 is 1.67 bits per heavy atom. The summed E-state index contributed by atoms with van der Waals surface area (Å²) in [6.07, 6.45) is 4.21. The van der Waals surface area contributed by atoms with Gasteiger partial charge in [-0.15, -0.1) is 0 Å². The van der Waals surface area contributed by atoms with Crippen LogP contribution < -0.4 is 14.8 Å². The summed E-state index contributed by atoms with van der Waals surface area (Å²) in [4.78, 5) is 26.8. The Labute approximate surface area is 178 Å². The van der Waals surface area contributed by atoms with E-state index in [9.17, 15) is 9.59 Å².